The van der Waals surface area contributed by atoms with E-state index in [9.17, 15) is 4.79 Å². The molecule has 0 bridgehead atoms. The summed E-state index contributed by atoms with van der Waals surface area (Å²) in [5.74, 6) is 0. The number of H-pyrrole nitrogens is 1. The third-order valence-electron chi connectivity index (χ3n) is 4.78. The third kappa shape index (κ3) is 1.21. The predicted octanol–water partition coefficient (Wildman–Crippen LogP) is 2.17. The molecule has 18 heavy (non-hydrogen) atoms. The molecule has 4 heteroatoms. The lowest BCUT2D eigenvalue weighted by Gasteiger charge is -2.34. The summed E-state index contributed by atoms with van der Waals surface area (Å²) in [7, 11) is 0. The molecule has 0 radical (unpaired) electrons. The van der Waals surface area contributed by atoms with E-state index in [2.05, 4.69) is 5.10 Å². The van der Waals surface area contributed by atoms with Crippen LogP contribution in [0.25, 0.3) is 5.65 Å². The molecule has 2 heterocycles. The van der Waals surface area contributed by atoms with Gasteiger partial charge in [0.2, 0.25) is 0 Å². The second kappa shape index (κ2) is 3.46. The largest absolute Gasteiger partial charge is 0.297 e. The normalized spacial score (nSPS) is 21.6. The van der Waals surface area contributed by atoms with Gasteiger partial charge in [0.25, 0.3) is 5.56 Å². The van der Waals surface area contributed by atoms with Crippen molar-refractivity contribution in [2.45, 2.75) is 50.4 Å². The fraction of sp³-hybridized carbons (Fsp3) is 0.571. The number of fused-ring (bicyclic) bond motifs is 3. The van der Waals surface area contributed by atoms with Crippen molar-refractivity contribution >= 4 is 5.65 Å². The van der Waals surface area contributed by atoms with Crippen LogP contribution in [0, 0.1) is 0 Å². The highest BCUT2D eigenvalue weighted by molar-refractivity contribution is 5.42. The molecule has 1 N–H and O–H groups in total. The summed E-state index contributed by atoms with van der Waals surface area (Å²) in [5.41, 5.74) is 3.19. The van der Waals surface area contributed by atoms with Gasteiger partial charge in [-0.3, -0.25) is 9.89 Å². The Bertz CT molecular complexity index is 661. The average molecular weight is 243 g/mol. The summed E-state index contributed by atoms with van der Waals surface area (Å²) in [5, 5.41) is 2.96. The molecule has 0 unspecified atom stereocenters. The molecule has 2 aliphatic carbocycles. The van der Waals surface area contributed by atoms with Crippen LogP contribution in [-0.4, -0.2) is 14.6 Å². The van der Waals surface area contributed by atoms with Gasteiger partial charge in [-0.25, -0.2) is 9.50 Å². The zero-order valence-electron chi connectivity index (χ0n) is 10.4. The van der Waals surface area contributed by atoms with Gasteiger partial charge in [0, 0.05) is 23.2 Å². The number of nitrogens with one attached hydrogen (secondary N) is 1. The van der Waals surface area contributed by atoms with Crippen molar-refractivity contribution in [2.75, 3.05) is 0 Å². The zero-order valence-corrected chi connectivity index (χ0v) is 10.4. The summed E-state index contributed by atoms with van der Waals surface area (Å²) < 4.78 is 1.58. The van der Waals surface area contributed by atoms with E-state index in [1.165, 1.54) is 32.1 Å². The molecule has 2 aliphatic rings. The van der Waals surface area contributed by atoms with E-state index in [1.54, 1.807) is 10.7 Å². The van der Waals surface area contributed by atoms with Crippen LogP contribution in [0.15, 0.2) is 17.1 Å². The number of hydrogen-bond donors (Lipinski definition) is 1. The first-order valence-electron chi connectivity index (χ1n) is 6.90. The fourth-order valence-corrected chi connectivity index (χ4v) is 3.92. The third-order valence-corrected chi connectivity index (χ3v) is 4.78. The minimum atomic E-state index is 0.117. The maximum absolute atomic E-state index is 12.5. The Morgan fingerprint density at radius 1 is 1.22 bits per heavy atom. The van der Waals surface area contributed by atoms with Gasteiger partial charge in [0.15, 0.2) is 5.65 Å². The topological polar surface area (TPSA) is 50.2 Å². The number of nitrogens with zero attached hydrogens (tertiary/aromatic N) is 2. The predicted molar refractivity (Wildman–Crippen MR) is 68.9 cm³/mol. The van der Waals surface area contributed by atoms with E-state index < -0.39 is 0 Å². The lowest BCUT2D eigenvalue weighted by molar-refractivity contribution is 0.356. The van der Waals surface area contributed by atoms with Gasteiger partial charge >= 0.3 is 0 Å². The molecule has 1 saturated carbocycles. The first kappa shape index (κ1) is 10.4. The van der Waals surface area contributed by atoms with Gasteiger partial charge in [-0.15, -0.1) is 0 Å². The van der Waals surface area contributed by atoms with Gasteiger partial charge in [0.05, 0.1) is 5.69 Å². The first-order valence-corrected chi connectivity index (χ1v) is 6.90. The number of hydrogen-bond acceptors (Lipinski definition) is 2. The minimum absolute atomic E-state index is 0.117. The average Bonchev–Trinajstić information content (AvgIpc) is 3.00. The van der Waals surface area contributed by atoms with Crippen molar-refractivity contribution < 1.29 is 0 Å². The van der Waals surface area contributed by atoms with E-state index in [-0.39, 0.29) is 11.0 Å². The van der Waals surface area contributed by atoms with Crippen LogP contribution in [0.3, 0.4) is 0 Å². The van der Waals surface area contributed by atoms with E-state index in [1.807, 2.05) is 6.07 Å². The van der Waals surface area contributed by atoms with Gasteiger partial charge in [0.1, 0.15) is 0 Å². The summed E-state index contributed by atoms with van der Waals surface area (Å²) in [4.78, 5) is 17.3. The van der Waals surface area contributed by atoms with E-state index in [0.717, 1.165) is 29.7 Å². The summed E-state index contributed by atoms with van der Waals surface area (Å²) in [6.45, 7) is 0. The monoisotopic (exact) mass is 243 g/mol. The van der Waals surface area contributed by atoms with Crippen molar-refractivity contribution in [3.63, 3.8) is 0 Å². The molecule has 94 valence electrons. The lowest BCUT2D eigenvalue weighted by Crippen LogP contribution is -2.35. The molecule has 4 nitrogen and oxygen atoms in total. The molecule has 0 amide bonds. The Balaban J connectivity index is 2.05. The van der Waals surface area contributed by atoms with Crippen molar-refractivity contribution in [2.24, 2.45) is 0 Å². The summed E-state index contributed by atoms with van der Waals surface area (Å²) in [6, 6.07) is 1.89. The highest BCUT2D eigenvalue weighted by atomic mass is 16.1. The van der Waals surface area contributed by atoms with Crippen LogP contribution in [0.1, 0.15) is 49.8 Å². The summed E-state index contributed by atoms with van der Waals surface area (Å²) >= 11 is 0. The number of rotatable bonds is 0. The molecule has 2 aromatic heterocycles. The highest BCUT2D eigenvalue weighted by Gasteiger charge is 2.41. The van der Waals surface area contributed by atoms with Gasteiger partial charge in [-0.1, -0.05) is 12.8 Å². The van der Waals surface area contributed by atoms with Crippen LogP contribution in [-0.2, 0) is 11.8 Å². The van der Waals surface area contributed by atoms with Crippen LogP contribution in [0.4, 0.5) is 0 Å². The molecule has 0 atom stereocenters. The molecule has 0 aliphatic heterocycles. The van der Waals surface area contributed by atoms with Crippen molar-refractivity contribution in [3.05, 3.63) is 33.9 Å². The zero-order chi connectivity index (χ0) is 12.2. The minimum Gasteiger partial charge on any atom is -0.297 e. The van der Waals surface area contributed by atoms with Crippen molar-refractivity contribution in [1.29, 1.82) is 0 Å². The molecule has 0 saturated heterocycles. The second-order valence-electron chi connectivity index (χ2n) is 5.74. The maximum Gasteiger partial charge on any atom is 0.276 e. The summed E-state index contributed by atoms with van der Waals surface area (Å²) in [6.07, 6.45) is 10.0. The lowest BCUT2D eigenvalue weighted by atomic mass is 9.72. The Labute approximate surface area is 105 Å². The standard InChI is InChI=1S/C14H17N3O/c18-13-10-4-3-8-14(6-1-2-7-14)12(10)16-11-5-9-15-17(11)13/h5,9,15H,1-4,6-8H2. The smallest absolute Gasteiger partial charge is 0.276 e. The quantitative estimate of drug-likeness (QED) is 0.771. The highest BCUT2D eigenvalue weighted by Crippen LogP contribution is 2.47. The Kier molecular flexibility index (Phi) is 1.99. The van der Waals surface area contributed by atoms with Gasteiger partial charge in [-0.05, 0) is 32.1 Å². The van der Waals surface area contributed by atoms with Crippen molar-refractivity contribution in [3.8, 4) is 0 Å². The molecule has 0 aromatic carbocycles. The molecular weight excluding hydrogens is 226 g/mol. The molecule has 2 aromatic rings. The van der Waals surface area contributed by atoms with Gasteiger partial charge < -0.3 is 0 Å². The van der Waals surface area contributed by atoms with Crippen LogP contribution in [0.2, 0.25) is 0 Å². The Morgan fingerprint density at radius 2 is 2.00 bits per heavy atom. The Morgan fingerprint density at radius 3 is 2.83 bits per heavy atom. The Hall–Kier alpha value is -1.58. The number of aromatic nitrogens is 3. The first-order chi connectivity index (χ1) is 8.80. The molecular formula is C14H17N3O. The molecule has 4 rings (SSSR count). The fourth-order valence-electron chi connectivity index (χ4n) is 3.92. The molecule has 1 fully saturated rings. The van der Waals surface area contributed by atoms with Crippen LogP contribution in [0.5, 0.6) is 0 Å². The molecule has 1 spiro atoms. The van der Waals surface area contributed by atoms with Crippen LogP contribution < -0.4 is 5.56 Å². The van der Waals surface area contributed by atoms with Crippen molar-refractivity contribution in [1.82, 2.24) is 14.6 Å². The number of aromatic amines is 1. The van der Waals surface area contributed by atoms with Gasteiger partial charge in [-0.2, -0.15) is 0 Å². The SMILES string of the molecule is O=c1c2c(nc3cc[nH]n13)C1(CCCC1)CCC2. The second-order valence-corrected chi connectivity index (χ2v) is 5.74. The van der Waals surface area contributed by atoms with E-state index >= 15 is 0 Å². The maximum atomic E-state index is 12.5. The van der Waals surface area contributed by atoms with E-state index in [0.29, 0.717) is 0 Å². The van der Waals surface area contributed by atoms with E-state index in [4.69, 9.17) is 4.98 Å². The van der Waals surface area contributed by atoms with Crippen LogP contribution >= 0.6 is 0 Å².